The molecule has 0 bridgehead atoms. The third-order valence-corrected chi connectivity index (χ3v) is 7.80. The number of nitrogens with one attached hydrogen (secondary N) is 2. The largest absolute Gasteiger partial charge is 0.350 e. The molecule has 0 saturated heterocycles. The Labute approximate surface area is 245 Å². The highest BCUT2D eigenvalue weighted by Crippen LogP contribution is 2.33. The van der Waals surface area contributed by atoms with E-state index in [2.05, 4.69) is 41.5 Å². The molecule has 0 atom stereocenters. The highest BCUT2D eigenvalue weighted by Gasteiger charge is 2.19. The summed E-state index contributed by atoms with van der Waals surface area (Å²) in [5, 5.41) is 25.7. The van der Waals surface area contributed by atoms with Crippen LogP contribution in [0, 0.1) is 0 Å². The van der Waals surface area contributed by atoms with Gasteiger partial charge in [0.05, 0.1) is 0 Å². The molecule has 208 valence electrons. The Balaban J connectivity index is 1.71. The van der Waals surface area contributed by atoms with Gasteiger partial charge in [-0.25, -0.2) is 0 Å². The van der Waals surface area contributed by atoms with Crippen LogP contribution in [0.1, 0.15) is 11.1 Å². The third kappa shape index (κ3) is 6.91. The Bertz CT molecular complexity index is 1700. The molecule has 4 rings (SSSR count). The fourth-order valence-electron chi connectivity index (χ4n) is 3.19. The molecule has 0 aliphatic heterocycles. The topological polar surface area (TPSA) is 210 Å². The highest BCUT2D eigenvalue weighted by atomic mass is 35.5. The lowest BCUT2D eigenvalue weighted by atomic mass is 10.1. The van der Waals surface area contributed by atoms with Gasteiger partial charge in [0.15, 0.2) is 20.6 Å². The maximum atomic E-state index is 12.1. The molecule has 0 aliphatic carbocycles. The number of aromatic nitrogens is 6. The van der Waals surface area contributed by atoms with E-state index < -0.39 is 30.0 Å². The Morgan fingerprint density at radius 3 is 1.23 bits per heavy atom. The number of benzene rings is 2. The van der Waals surface area contributed by atoms with Crippen molar-refractivity contribution in [2.45, 2.75) is 9.79 Å². The van der Waals surface area contributed by atoms with E-state index in [1.807, 2.05) is 0 Å². The molecule has 0 aliphatic rings. The minimum atomic E-state index is -4.78. The molecule has 0 fully saturated rings. The Kier molecular flexibility index (Phi) is 8.72. The number of rotatable bonds is 8. The van der Waals surface area contributed by atoms with Crippen molar-refractivity contribution in [2.24, 2.45) is 0 Å². The number of halogens is 4. The van der Waals surface area contributed by atoms with Crippen LogP contribution < -0.4 is 10.6 Å². The lowest BCUT2D eigenvalue weighted by molar-refractivity contribution is 0.480. The van der Waals surface area contributed by atoms with Crippen LogP contribution in [0.3, 0.4) is 0 Å². The van der Waals surface area contributed by atoms with Gasteiger partial charge in [0.2, 0.25) is 0 Å². The summed E-state index contributed by atoms with van der Waals surface area (Å²) in [5.41, 5.74) is 0.273. The normalized spacial score (nSPS) is 12.1. The van der Waals surface area contributed by atoms with Gasteiger partial charge in [-0.2, -0.15) is 16.8 Å². The first-order chi connectivity index (χ1) is 18.7. The molecule has 4 aromatic rings. The average Bonchev–Trinajstić information content (AvgIpc) is 2.87. The summed E-state index contributed by atoms with van der Waals surface area (Å²) in [4.78, 5) is -1.10. The van der Waals surface area contributed by atoms with E-state index in [-0.39, 0.29) is 54.5 Å². The van der Waals surface area contributed by atoms with Gasteiger partial charge in [0.1, 0.15) is 21.2 Å². The van der Waals surface area contributed by atoms with Crippen molar-refractivity contribution in [1.29, 1.82) is 0 Å². The smallest absolute Gasteiger partial charge is 0.295 e. The van der Waals surface area contributed by atoms with Gasteiger partial charge >= 0.3 is 0 Å². The van der Waals surface area contributed by atoms with E-state index >= 15 is 0 Å². The fourth-order valence-corrected chi connectivity index (χ4v) is 5.39. The predicted octanol–water partition coefficient (Wildman–Crippen LogP) is 4.82. The van der Waals surface area contributed by atoms with Crippen LogP contribution in [0.4, 0.5) is 22.7 Å². The summed E-state index contributed by atoms with van der Waals surface area (Å²) in [5.74, 6) is 0. The lowest BCUT2D eigenvalue weighted by Crippen LogP contribution is -2.04. The van der Waals surface area contributed by atoms with Crippen molar-refractivity contribution in [3.8, 4) is 0 Å². The summed E-state index contributed by atoms with van der Waals surface area (Å²) in [7, 11) is -9.56. The van der Waals surface area contributed by atoms with Gasteiger partial charge in [-0.1, -0.05) is 70.7 Å². The van der Waals surface area contributed by atoms with Crippen molar-refractivity contribution in [3.05, 3.63) is 68.1 Å². The van der Waals surface area contributed by atoms with Crippen molar-refractivity contribution in [3.63, 3.8) is 0 Å². The first-order valence-corrected chi connectivity index (χ1v) is 14.7. The van der Waals surface area contributed by atoms with Crippen LogP contribution in [0.25, 0.3) is 12.2 Å². The monoisotopic (exact) mass is 664 g/mol. The van der Waals surface area contributed by atoms with Gasteiger partial charge in [-0.3, -0.25) is 9.11 Å². The maximum absolute atomic E-state index is 12.1. The zero-order valence-electron chi connectivity index (χ0n) is 19.2. The Hall–Kier alpha value is -3.22. The second kappa shape index (κ2) is 11.7. The third-order valence-electron chi connectivity index (χ3n) is 4.92. The number of hydrogen-bond donors (Lipinski definition) is 4. The quantitative estimate of drug-likeness (QED) is 0.147. The second-order valence-electron chi connectivity index (χ2n) is 7.53. The van der Waals surface area contributed by atoms with Crippen LogP contribution in [-0.2, 0) is 20.2 Å². The lowest BCUT2D eigenvalue weighted by Gasteiger charge is -2.12. The van der Waals surface area contributed by atoms with Gasteiger partial charge in [0, 0.05) is 11.4 Å². The van der Waals surface area contributed by atoms with E-state index in [0.29, 0.717) is 0 Å². The molecule has 0 saturated carbocycles. The van der Waals surface area contributed by atoms with Crippen LogP contribution in [0.5, 0.6) is 0 Å². The number of hydrogen-bond acceptors (Lipinski definition) is 12. The summed E-state index contributed by atoms with van der Waals surface area (Å²) in [6, 6.07) is 7.60. The molecule has 2 aromatic carbocycles. The van der Waals surface area contributed by atoms with Crippen molar-refractivity contribution in [1.82, 2.24) is 30.8 Å². The molecular weight excluding hydrogens is 654 g/mol. The Morgan fingerprint density at radius 1 is 0.600 bits per heavy atom. The van der Waals surface area contributed by atoms with Crippen LogP contribution in [0.15, 0.2) is 46.2 Å². The van der Waals surface area contributed by atoms with Gasteiger partial charge in [-0.05, 0) is 45.8 Å². The zero-order valence-corrected chi connectivity index (χ0v) is 23.8. The molecule has 20 heteroatoms. The molecule has 2 heterocycles. The average molecular weight is 666 g/mol. The van der Waals surface area contributed by atoms with E-state index in [0.717, 1.165) is 12.1 Å². The molecule has 40 heavy (non-hydrogen) atoms. The van der Waals surface area contributed by atoms with Crippen LogP contribution in [-0.4, -0.2) is 56.8 Å². The van der Waals surface area contributed by atoms with Gasteiger partial charge in [-0.15, -0.1) is 20.4 Å². The molecule has 0 spiro atoms. The summed E-state index contributed by atoms with van der Waals surface area (Å²) < 4.78 is 68.1. The van der Waals surface area contributed by atoms with E-state index in [1.165, 1.54) is 36.4 Å². The van der Waals surface area contributed by atoms with Crippen LogP contribution in [0.2, 0.25) is 20.6 Å². The minimum Gasteiger partial charge on any atom is -0.350 e. The van der Waals surface area contributed by atoms with E-state index in [1.54, 1.807) is 0 Å². The predicted molar refractivity (Wildman–Crippen MR) is 148 cm³/mol. The number of nitrogens with zero attached hydrogens (tertiary/aromatic N) is 6. The minimum absolute atomic E-state index is 0.0350. The maximum Gasteiger partial charge on any atom is 0.295 e. The highest BCUT2D eigenvalue weighted by molar-refractivity contribution is 7.86. The first-order valence-electron chi connectivity index (χ1n) is 10.3. The molecule has 0 unspecified atom stereocenters. The zero-order chi connectivity index (χ0) is 29.2. The summed E-state index contributed by atoms with van der Waals surface area (Å²) >= 11 is 23.8. The SMILES string of the molecule is O=S(=O)(O)c1cc(Nc2c(Cl)nnnc2Cl)ccc1C=Cc1ccc(Nc2c(Cl)nnnc2Cl)cc1S(=O)(=O)O. The summed E-state index contributed by atoms with van der Waals surface area (Å²) in [6.07, 6.45) is 2.42. The molecule has 0 radical (unpaired) electrons. The molecule has 4 N–H and O–H groups in total. The molecule has 0 amide bonds. The molecular formula is C20H12Cl4N8O6S2. The van der Waals surface area contributed by atoms with Crippen LogP contribution >= 0.6 is 46.4 Å². The molecule has 2 aromatic heterocycles. The van der Waals surface area contributed by atoms with Crippen molar-refractivity contribution in [2.75, 3.05) is 10.6 Å². The first kappa shape index (κ1) is 29.8. The van der Waals surface area contributed by atoms with Crippen molar-refractivity contribution < 1.29 is 25.9 Å². The molecule has 14 nitrogen and oxygen atoms in total. The Morgan fingerprint density at radius 2 is 0.925 bits per heavy atom. The van der Waals surface area contributed by atoms with Gasteiger partial charge < -0.3 is 10.6 Å². The standard InChI is InChI=1S/C20H12Cl4N8O6S2/c21-17-15(18(22)28-31-27-17)25-11-5-3-9(13(7-11)39(33,34)35)1-2-10-4-6-12(8-14(10)40(36,37)38)26-16-19(23)29-32-30-20(16)24/h1-8H,(H,25,31)(H,26,32)(H,33,34,35)(H,36,37,38). The number of anilines is 4. The van der Waals surface area contributed by atoms with E-state index in [4.69, 9.17) is 46.4 Å². The van der Waals surface area contributed by atoms with Gasteiger partial charge in [0.25, 0.3) is 20.2 Å². The fraction of sp³-hybridized carbons (Fsp3) is 0. The van der Waals surface area contributed by atoms with Crippen molar-refractivity contribution >= 4 is 102 Å². The summed E-state index contributed by atoms with van der Waals surface area (Å²) in [6.45, 7) is 0. The second-order valence-corrected chi connectivity index (χ2v) is 11.7. The van der Waals surface area contributed by atoms with E-state index in [9.17, 15) is 25.9 Å².